The molecule has 0 aliphatic heterocycles. The van der Waals surface area contributed by atoms with Crippen molar-refractivity contribution >= 4 is 16.2 Å². The largest absolute Gasteiger partial charge is 0.497 e. The van der Waals surface area contributed by atoms with Crippen molar-refractivity contribution in [2.45, 2.75) is 18.7 Å². The number of ether oxygens (including phenoxy) is 1. The van der Waals surface area contributed by atoms with Crippen molar-refractivity contribution in [1.82, 2.24) is 4.83 Å². The average Bonchev–Trinajstić information content (AvgIpc) is 2.50. The van der Waals surface area contributed by atoms with Crippen molar-refractivity contribution in [3.05, 3.63) is 59.2 Å². The van der Waals surface area contributed by atoms with Gasteiger partial charge in [0, 0.05) is 0 Å². The topological polar surface area (TPSA) is 67.8 Å². The first-order valence-corrected chi connectivity index (χ1v) is 8.17. The number of nitrogens with zero attached hydrogens (tertiary/aromatic N) is 1. The van der Waals surface area contributed by atoms with Crippen molar-refractivity contribution in [2.24, 2.45) is 5.10 Å². The molecule has 0 fully saturated rings. The second-order valence-corrected chi connectivity index (χ2v) is 6.55. The monoisotopic (exact) mass is 318 g/mol. The molecular formula is C16H18N2O3S. The van der Waals surface area contributed by atoms with Gasteiger partial charge >= 0.3 is 0 Å². The summed E-state index contributed by atoms with van der Waals surface area (Å²) in [4.78, 5) is 2.34. The van der Waals surface area contributed by atoms with Gasteiger partial charge in [-0.25, -0.2) is 4.83 Å². The van der Waals surface area contributed by atoms with E-state index in [0.29, 0.717) is 5.75 Å². The Balaban J connectivity index is 2.14. The summed E-state index contributed by atoms with van der Waals surface area (Å²) in [6.07, 6.45) is 1.50. The summed E-state index contributed by atoms with van der Waals surface area (Å²) in [5, 5.41) is 3.84. The Labute approximate surface area is 130 Å². The van der Waals surface area contributed by atoms with E-state index in [1.54, 1.807) is 12.1 Å². The van der Waals surface area contributed by atoms with Crippen LogP contribution in [0.2, 0.25) is 0 Å². The molecule has 0 bridgehead atoms. The minimum Gasteiger partial charge on any atom is -0.497 e. The number of hydrogen-bond acceptors (Lipinski definition) is 4. The zero-order chi connectivity index (χ0) is 16.2. The number of hydrazone groups is 1. The van der Waals surface area contributed by atoms with Crippen LogP contribution < -0.4 is 9.57 Å². The van der Waals surface area contributed by atoms with Crippen molar-refractivity contribution in [2.75, 3.05) is 7.11 Å². The van der Waals surface area contributed by atoms with Crippen LogP contribution in [0.25, 0.3) is 0 Å². The standard InChI is InChI=1S/C16H18N2O3S/c1-12-4-5-13(2)14(10-12)11-17-18-22(19,20)16-8-6-15(21-3)7-9-16/h4-11,18H,1-3H3. The number of aryl methyl sites for hydroxylation is 2. The van der Waals surface area contributed by atoms with E-state index in [4.69, 9.17) is 4.74 Å². The summed E-state index contributed by atoms with van der Waals surface area (Å²) in [5.74, 6) is 0.595. The van der Waals surface area contributed by atoms with Gasteiger partial charge in [-0.3, -0.25) is 0 Å². The lowest BCUT2D eigenvalue weighted by Crippen LogP contribution is -2.18. The third-order valence-corrected chi connectivity index (χ3v) is 4.42. The first kappa shape index (κ1) is 16.0. The van der Waals surface area contributed by atoms with E-state index in [1.165, 1.54) is 25.5 Å². The van der Waals surface area contributed by atoms with Crippen molar-refractivity contribution < 1.29 is 13.2 Å². The van der Waals surface area contributed by atoms with E-state index in [2.05, 4.69) is 9.93 Å². The van der Waals surface area contributed by atoms with Crippen LogP contribution in [-0.2, 0) is 10.0 Å². The Morgan fingerprint density at radius 3 is 2.41 bits per heavy atom. The molecule has 0 spiro atoms. The van der Waals surface area contributed by atoms with E-state index in [9.17, 15) is 8.42 Å². The molecule has 0 heterocycles. The van der Waals surface area contributed by atoms with Gasteiger partial charge in [-0.15, -0.1) is 0 Å². The normalized spacial score (nSPS) is 11.6. The van der Waals surface area contributed by atoms with Crippen LogP contribution in [-0.4, -0.2) is 21.7 Å². The van der Waals surface area contributed by atoms with Crippen molar-refractivity contribution in [3.63, 3.8) is 0 Å². The minimum atomic E-state index is -3.68. The molecule has 0 aliphatic rings. The Morgan fingerprint density at radius 1 is 1.09 bits per heavy atom. The highest BCUT2D eigenvalue weighted by Crippen LogP contribution is 2.15. The summed E-state index contributed by atoms with van der Waals surface area (Å²) in [7, 11) is -2.16. The van der Waals surface area contributed by atoms with E-state index in [-0.39, 0.29) is 4.90 Å². The van der Waals surface area contributed by atoms with Gasteiger partial charge < -0.3 is 4.74 Å². The van der Waals surface area contributed by atoms with Crippen LogP contribution in [0.1, 0.15) is 16.7 Å². The Kier molecular flexibility index (Phi) is 4.82. The SMILES string of the molecule is COc1ccc(S(=O)(=O)NN=Cc2cc(C)ccc2C)cc1. The molecule has 0 aromatic heterocycles. The predicted octanol–water partition coefficient (Wildman–Crippen LogP) is 2.62. The van der Waals surface area contributed by atoms with Crippen LogP contribution in [0, 0.1) is 13.8 Å². The molecule has 0 unspecified atom stereocenters. The molecule has 0 saturated heterocycles. The molecule has 0 aliphatic carbocycles. The molecule has 2 rings (SSSR count). The van der Waals surface area contributed by atoms with Gasteiger partial charge in [-0.05, 0) is 49.2 Å². The zero-order valence-corrected chi connectivity index (χ0v) is 13.5. The third-order valence-electron chi connectivity index (χ3n) is 3.18. The fourth-order valence-corrected chi connectivity index (χ4v) is 2.66. The van der Waals surface area contributed by atoms with Gasteiger partial charge in [0.05, 0.1) is 18.2 Å². The van der Waals surface area contributed by atoms with E-state index < -0.39 is 10.0 Å². The maximum atomic E-state index is 12.1. The smallest absolute Gasteiger partial charge is 0.276 e. The lowest BCUT2D eigenvalue weighted by atomic mass is 10.1. The highest BCUT2D eigenvalue weighted by molar-refractivity contribution is 7.89. The number of hydrogen-bond donors (Lipinski definition) is 1. The van der Waals surface area contributed by atoms with Crippen molar-refractivity contribution in [1.29, 1.82) is 0 Å². The molecule has 0 saturated carbocycles. The first-order chi connectivity index (χ1) is 10.4. The van der Waals surface area contributed by atoms with Gasteiger partial charge in [0.15, 0.2) is 0 Å². The number of methoxy groups -OCH3 is 1. The molecule has 0 atom stereocenters. The second kappa shape index (κ2) is 6.62. The summed E-state index contributed by atoms with van der Waals surface area (Å²) < 4.78 is 29.2. The maximum absolute atomic E-state index is 12.1. The molecule has 6 heteroatoms. The van der Waals surface area contributed by atoms with Gasteiger partial charge in [-0.1, -0.05) is 23.8 Å². The molecule has 2 aromatic rings. The molecule has 0 radical (unpaired) electrons. The number of sulfonamides is 1. The quantitative estimate of drug-likeness (QED) is 0.680. The highest BCUT2D eigenvalue weighted by Gasteiger charge is 2.12. The van der Waals surface area contributed by atoms with Crippen LogP contribution >= 0.6 is 0 Å². The van der Waals surface area contributed by atoms with Crippen LogP contribution in [0.15, 0.2) is 52.5 Å². The van der Waals surface area contributed by atoms with Crippen LogP contribution in [0.4, 0.5) is 0 Å². The number of rotatable bonds is 5. The fourth-order valence-electron chi connectivity index (χ4n) is 1.87. The zero-order valence-electron chi connectivity index (χ0n) is 12.7. The highest BCUT2D eigenvalue weighted by atomic mass is 32.2. The first-order valence-electron chi connectivity index (χ1n) is 6.68. The van der Waals surface area contributed by atoms with E-state index in [1.807, 2.05) is 32.0 Å². The Morgan fingerprint density at radius 2 is 1.77 bits per heavy atom. The van der Waals surface area contributed by atoms with Gasteiger partial charge in [0.25, 0.3) is 10.0 Å². The summed E-state index contributed by atoms with van der Waals surface area (Å²) in [6.45, 7) is 3.91. The van der Waals surface area contributed by atoms with E-state index >= 15 is 0 Å². The third kappa shape index (κ3) is 3.85. The van der Waals surface area contributed by atoms with Crippen LogP contribution in [0.5, 0.6) is 5.75 Å². The average molecular weight is 318 g/mol. The molecule has 22 heavy (non-hydrogen) atoms. The number of nitrogens with one attached hydrogen (secondary N) is 1. The molecule has 1 N–H and O–H groups in total. The molecule has 5 nitrogen and oxygen atoms in total. The second-order valence-electron chi connectivity index (χ2n) is 4.89. The molecule has 2 aromatic carbocycles. The minimum absolute atomic E-state index is 0.131. The van der Waals surface area contributed by atoms with Gasteiger partial charge in [0.1, 0.15) is 5.75 Å². The molecule has 116 valence electrons. The Bertz CT molecular complexity index is 782. The lowest BCUT2D eigenvalue weighted by Gasteiger charge is -2.05. The number of benzene rings is 2. The fraction of sp³-hybridized carbons (Fsp3) is 0.188. The lowest BCUT2D eigenvalue weighted by molar-refractivity contribution is 0.414. The maximum Gasteiger partial charge on any atom is 0.276 e. The van der Waals surface area contributed by atoms with E-state index in [0.717, 1.165) is 16.7 Å². The van der Waals surface area contributed by atoms with Crippen LogP contribution in [0.3, 0.4) is 0 Å². The van der Waals surface area contributed by atoms with Gasteiger partial charge in [0.2, 0.25) is 0 Å². The Hall–Kier alpha value is -2.34. The van der Waals surface area contributed by atoms with Gasteiger partial charge in [-0.2, -0.15) is 13.5 Å². The summed E-state index contributed by atoms with van der Waals surface area (Å²) >= 11 is 0. The summed E-state index contributed by atoms with van der Waals surface area (Å²) in [5.41, 5.74) is 2.99. The molecular weight excluding hydrogens is 300 g/mol. The summed E-state index contributed by atoms with van der Waals surface area (Å²) in [6, 6.07) is 12.0. The van der Waals surface area contributed by atoms with Crippen molar-refractivity contribution in [3.8, 4) is 5.75 Å². The molecule has 0 amide bonds. The predicted molar refractivity (Wildman–Crippen MR) is 86.8 cm³/mol.